The fraction of sp³-hybridized carbons (Fsp3) is 0.286. The summed E-state index contributed by atoms with van der Waals surface area (Å²) in [7, 11) is 2.93. The lowest BCUT2D eigenvalue weighted by atomic mass is 9.91. The van der Waals surface area contributed by atoms with Gasteiger partial charge in [0, 0.05) is 48.7 Å². The van der Waals surface area contributed by atoms with Crippen LogP contribution in [0.2, 0.25) is 5.02 Å². The predicted octanol–water partition coefficient (Wildman–Crippen LogP) is 3.27. The molecule has 2 heterocycles. The lowest BCUT2D eigenvalue weighted by Gasteiger charge is -2.37. The van der Waals surface area contributed by atoms with E-state index in [1.807, 2.05) is 6.92 Å². The summed E-state index contributed by atoms with van der Waals surface area (Å²) in [6.45, 7) is 3.56. The van der Waals surface area contributed by atoms with Crippen LogP contribution in [0.25, 0.3) is 0 Å². The second-order valence-corrected chi connectivity index (χ2v) is 11.6. The second-order valence-electron chi connectivity index (χ2n) is 10.2. The number of benzene rings is 2. The number of amides is 2. The molecule has 2 aromatic carbocycles. The van der Waals surface area contributed by atoms with Crippen LogP contribution in [0.5, 0.6) is 0 Å². The molecule has 2 amide bonds. The van der Waals surface area contributed by atoms with Crippen LogP contribution in [0.3, 0.4) is 0 Å². The van der Waals surface area contributed by atoms with Gasteiger partial charge in [0.2, 0.25) is 5.78 Å². The third kappa shape index (κ3) is 7.02. The molecule has 3 aromatic rings. The Bertz CT molecular complexity index is 1500. The highest BCUT2D eigenvalue weighted by Gasteiger charge is 2.27. The molecule has 1 aliphatic heterocycles. The summed E-state index contributed by atoms with van der Waals surface area (Å²) >= 11 is 7.75. The maximum Gasteiger partial charge on any atom is 0.296 e. The number of nitrogens with zero attached hydrogens (tertiary/aromatic N) is 4. The number of aromatic nitrogens is 2. The molecule has 0 bridgehead atoms. The van der Waals surface area contributed by atoms with E-state index in [4.69, 9.17) is 23.1 Å². The van der Waals surface area contributed by atoms with Gasteiger partial charge in [-0.2, -0.15) is 0 Å². The number of nitrogens with one attached hydrogen (secondary N) is 1. The Labute approximate surface area is 246 Å². The standard InChI is InChI=1S/C28H30ClN7O4S/c1-28(31)11-13-36(14-12-28)20-15-32-26(24(30)34-20)41-19-6-4-5-18(21(19)29)33-25(39)22(37)16-7-9-17(10-8-16)23(38)27(40)35(2)3/h4-10,15H,11-14,31H2,1-3H3,(H2,30,34)(H,33,39). The molecule has 4 rings (SSSR count). The van der Waals surface area contributed by atoms with Crippen molar-refractivity contribution < 1.29 is 19.2 Å². The first-order valence-corrected chi connectivity index (χ1v) is 13.9. The number of Topliss-reactive ketones (excluding diaryl/α,β-unsaturated/α-hetero) is 2. The van der Waals surface area contributed by atoms with Crippen LogP contribution < -0.4 is 21.7 Å². The van der Waals surface area contributed by atoms with Gasteiger partial charge in [0.1, 0.15) is 10.8 Å². The van der Waals surface area contributed by atoms with E-state index in [0.717, 1.165) is 30.8 Å². The van der Waals surface area contributed by atoms with E-state index < -0.39 is 23.4 Å². The lowest BCUT2D eigenvalue weighted by Crippen LogP contribution is -2.48. The van der Waals surface area contributed by atoms with E-state index >= 15 is 0 Å². The second kappa shape index (κ2) is 12.2. The Hall–Kier alpha value is -4.00. The number of hydrogen-bond donors (Lipinski definition) is 3. The molecule has 1 aliphatic rings. The van der Waals surface area contributed by atoms with E-state index in [2.05, 4.69) is 20.2 Å². The number of ketones is 2. The van der Waals surface area contributed by atoms with Crippen molar-refractivity contribution in [2.75, 3.05) is 43.1 Å². The van der Waals surface area contributed by atoms with Gasteiger partial charge in [-0.15, -0.1) is 0 Å². The first-order chi connectivity index (χ1) is 19.4. The number of hydrogen-bond acceptors (Lipinski definition) is 10. The van der Waals surface area contributed by atoms with E-state index in [9.17, 15) is 19.2 Å². The van der Waals surface area contributed by atoms with Crippen molar-refractivity contribution in [2.24, 2.45) is 5.73 Å². The minimum Gasteiger partial charge on any atom is -0.381 e. The first-order valence-electron chi connectivity index (χ1n) is 12.7. The van der Waals surface area contributed by atoms with Gasteiger partial charge in [0.15, 0.2) is 5.82 Å². The van der Waals surface area contributed by atoms with E-state index in [1.165, 1.54) is 50.1 Å². The fourth-order valence-corrected chi connectivity index (χ4v) is 5.16. The van der Waals surface area contributed by atoms with Gasteiger partial charge in [-0.25, -0.2) is 9.97 Å². The zero-order valence-corrected chi connectivity index (χ0v) is 24.4. The van der Waals surface area contributed by atoms with Crippen molar-refractivity contribution in [2.45, 2.75) is 35.2 Å². The van der Waals surface area contributed by atoms with Gasteiger partial charge in [-0.3, -0.25) is 19.2 Å². The summed E-state index contributed by atoms with van der Waals surface area (Å²) in [6, 6.07) is 10.2. The quantitative estimate of drug-likeness (QED) is 0.260. The van der Waals surface area contributed by atoms with Crippen LogP contribution in [-0.4, -0.2) is 71.0 Å². The number of anilines is 3. The molecule has 0 unspecified atom stereocenters. The van der Waals surface area contributed by atoms with E-state index in [1.54, 1.807) is 24.4 Å². The Kier molecular flexibility index (Phi) is 8.95. The summed E-state index contributed by atoms with van der Waals surface area (Å²) in [4.78, 5) is 62.3. The summed E-state index contributed by atoms with van der Waals surface area (Å²) < 4.78 is 0. The van der Waals surface area contributed by atoms with Crippen LogP contribution in [0, 0.1) is 0 Å². The van der Waals surface area contributed by atoms with Gasteiger partial charge >= 0.3 is 0 Å². The number of likely N-dealkylation sites (N-methyl/N-ethyl adjacent to an activating group) is 1. The molecule has 5 N–H and O–H groups in total. The Morgan fingerprint density at radius 1 is 1.02 bits per heavy atom. The van der Waals surface area contributed by atoms with Gasteiger partial charge in [-0.1, -0.05) is 53.7 Å². The third-order valence-electron chi connectivity index (χ3n) is 6.62. The molecule has 0 aliphatic carbocycles. The number of piperidine rings is 1. The van der Waals surface area contributed by atoms with E-state index in [0.29, 0.717) is 15.7 Å². The zero-order valence-electron chi connectivity index (χ0n) is 22.8. The minimum absolute atomic E-state index is 0.0472. The third-order valence-corrected chi connectivity index (χ3v) is 8.20. The average molecular weight is 596 g/mol. The molecule has 0 saturated carbocycles. The van der Waals surface area contributed by atoms with Gasteiger partial charge in [0.25, 0.3) is 17.6 Å². The Morgan fingerprint density at radius 2 is 1.63 bits per heavy atom. The molecule has 11 nitrogen and oxygen atoms in total. The maximum absolute atomic E-state index is 12.7. The summed E-state index contributed by atoms with van der Waals surface area (Å²) in [5.41, 5.74) is 12.6. The zero-order chi connectivity index (χ0) is 29.9. The molecule has 1 aromatic heterocycles. The van der Waals surface area contributed by atoms with Gasteiger partial charge in [-0.05, 0) is 31.9 Å². The van der Waals surface area contributed by atoms with Crippen LogP contribution in [-0.2, 0) is 9.59 Å². The Morgan fingerprint density at radius 3 is 2.22 bits per heavy atom. The number of halogens is 1. The molecule has 0 atom stereocenters. The summed E-state index contributed by atoms with van der Waals surface area (Å²) in [5.74, 6) is -2.26. The molecule has 0 radical (unpaired) electrons. The molecule has 214 valence electrons. The van der Waals surface area contributed by atoms with Crippen molar-refractivity contribution in [3.8, 4) is 0 Å². The van der Waals surface area contributed by atoms with Crippen LogP contribution in [0.4, 0.5) is 17.3 Å². The summed E-state index contributed by atoms with van der Waals surface area (Å²) in [5, 5.41) is 3.18. The van der Waals surface area contributed by atoms with Crippen molar-refractivity contribution in [1.82, 2.24) is 14.9 Å². The van der Waals surface area contributed by atoms with Gasteiger partial charge in [0.05, 0.1) is 16.9 Å². The molecule has 1 fully saturated rings. The highest BCUT2D eigenvalue weighted by molar-refractivity contribution is 7.99. The van der Waals surface area contributed by atoms with Crippen molar-refractivity contribution in [3.05, 3.63) is 64.8 Å². The number of nitrogen functional groups attached to an aromatic ring is 1. The largest absolute Gasteiger partial charge is 0.381 e. The van der Waals surface area contributed by atoms with Crippen LogP contribution >= 0.6 is 23.4 Å². The lowest BCUT2D eigenvalue weighted by molar-refractivity contribution is -0.124. The highest BCUT2D eigenvalue weighted by atomic mass is 35.5. The molecule has 1 saturated heterocycles. The molecule has 41 heavy (non-hydrogen) atoms. The summed E-state index contributed by atoms with van der Waals surface area (Å²) in [6.07, 6.45) is 3.33. The van der Waals surface area contributed by atoms with Crippen molar-refractivity contribution in [1.29, 1.82) is 0 Å². The average Bonchev–Trinajstić information content (AvgIpc) is 2.95. The fourth-order valence-electron chi connectivity index (χ4n) is 4.06. The monoisotopic (exact) mass is 595 g/mol. The molecule has 13 heteroatoms. The number of rotatable bonds is 8. The maximum atomic E-state index is 12.7. The van der Waals surface area contributed by atoms with Crippen molar-refractivity contribution >= 4 is 64.1 Å². The first kappa shape index (κ1) is 30.0. The van der Waals surface area contributed by atoms with Crippen LogP contribution in [0.15, 0.2) is 58.6 Å². The molecular weight excluding hydrogens is 566 g/mol. The van der Waals surface area contributed by atoms with Crippen molar-refractivity contribution in [3.63, 3.8) is 0 Å². The molecular formula is C28H30ClN7O4S. The number of nitrogens with two attached hydrogens (primary N) is 2. The smallest absolute Gasteiger partial charge is 0.296 e. The highest BCUT2D eigenvalue weighted by Crippen LogP contribution is 2.38. The number of carbonyl (C=O) groups is 4. The Balaban J connectivity index is 1.43. The SMILES string of the molecule is CN(C)C(=O)C(=O)c1ccc(C(=O)C(=O)Nc2cccc(Sc3ncc(N4CCC(C)(N)CC4)nc3N)c2Cl)cc1. The topological polar surface area (TPSA) is 165 Å². The molecule has 0 spiro atoms. The normalized spacial score (nSPS) is 14.3. The number of carbonyl (C=O) groups excluding carboxylic acids is 4. The minimum atomic E-state index is -0.920. The van der Waals surface area contributed by atoms with E-state index in [-0.39, 0.29) is 33.2 Å². The van der Waals surface area contributed by atoms with Crippen LogP contribution in [0.1, 0.15) is 40.5 Å². The van der Waals surface area contributed by atoms with Gasteiger partial charge < -0.3 is 26.6 Å². The predicted molar refractivity (Wildman–Crippen MR) is 158 cm³/mol.